The fourth-order valence-corrected chi connectivity index (χ4v) is 3.29. The maximum atomic E-state index is 10.4. The molecule has 4 heteroatoms. The molecule has 4 nitrogen and oxygen atoms in total. The summed E-state index contributed by atoms with van der Waals surface area (Å²) in [6, 6.07) is 1.43. The van der Waals surface area contributed by atoms with E-state index in [1.165, 1.54) is 25.7 Å². The summed E-state index contributed by atoms with van der Waals surface area (Å²) in [6.07, 6.45) is 5.25. The summed E-state index contributed by atoms with van der Waals surface area (Å²) in [5, 5.41) is 10.4. The van der Waals surface area contributed by atoms with Crippen molar-refractivity contribution in [2.75, 3.05) is 39.4 Å². The SMILES string of the molecule is C[C@H](C1CC1)N(C[C@@H](O)CN1CCOCC1)C1CC1. The summed E-state index contributed by atoms with van der Waals surface area (Å²) in [5.41, 5.74) is 0. The molecule has 0 aromatic rings. The summed E-state index contributed by atoms with van der Waals surface area (Å²) < 4.78 is 5.35. The molecule has 3 rings (SSSR count). The predicted octanol–water partition coefficient (Wildman–Crippen LogP) is 0.942. The Bertz CT molecular complexity index is 286. The first-order valence-corrected chi connectivity index (χ1v) is 7.98. The van der Waals surface area contributed by atoms with Crippen LogP contribution < -0.4 is 0 Å². The van der Waals surface area contributed by atoms with E-state index in [9.17, 15) is 5.11 Å². The molecule has 0 aromatic carbocycles. The van der Waals surface area contributed by atoms with Crippen molar-refractivity contribution in [3.05, 3.63) is 0 Å². The lowest BCUT2D eigenvalue weighted by molar-refractivity contribution is 0.00157. The van der Waals surface area contributed by atoms with Crippen molar-refractivity contribution in [1.82, 2.24) is 9.80 Å². The molecule has 0 radical (unpaired) electrons. The third-order valence-electron chi connectivity index (χ3n) is 4.84. The van der Waals surface area contributed by atoms with Crippen LogP contribution in [0, 0.1) is 5.92 Å². The number of morpholine rings is 1. The van der Waals surface area contributed by atoms with Crippen LogP contribution in [0.5, 0.6) is 0 Å². The predicted molar refractivity (Wildman–Crippen MR) is 75.2 cm³/mol. The van der Waals surface area contributed by atoms with Gasteiger partial charge in [-0.15, -0.1) is 0 Å². The largest absolute Gasteiger partial charge is 0.390 e. The van der Waals surface area contributed by atoms with Crippen LogP contribution in [0.15, 0.2) is 0 Å². The Kier molecular flexibility index (Phi) is 4.42. The van der Waals surface area contributed by atoms with Crippen LogP contribution in [0.1, 0.15) is 32.6 Å². The second-order valence-corrected chi connectivity index (χ2v) is 6.57. The first-order valence-electron chi connectivity index (χ1n) is 7.98. The Morgan fingerprint density at radius 1 is 1.21 bits per heavy atom. The molecule has 0 spiro atoms. The summed E-state index contributed by atoms with van der Waals surface area (Å²) >= 11 is 0. The lowest BCUT2D eigenvalue weighted by Crippen LogP contribution is -2.47. The highest BCUT2D eigenvalue weighted by molar-refractivity contribution is 4.94. The van der Waals surface area contributed by atoms with Crippen LogP contribution in [0.3, 0.4) is 0 Å². The van der Waals surface area contributed by atoms with E-state index in [1.54, 1.807) is 0 Å². The second-order valence-electron chi connectivity index (χ2n) is 6.57. The van der Waals surface area contributed by atoms with Crippen LogP contribution in [0.25, 0.3) is 0 Å². The summed E-state index contributed by atoms with van der Waals surface area (Å²) in [5.74, 6) is 0.899. The minimum Gasteiger partial charge on any atom is -0.390 e. The van der Waals surface area contributed by atoms with Gasteiger partial charge in [-0.25, -0.2) is 0 Å². The van der Waals surface area contributed by atoms with Crippen molar-refractivity contribution in [2.24, 2.45) is 5.92 Å². The summed E-state index contributed by atoms with van der Waals surface area (Å²) in [6.45, 7) is 7.60. The van der Waals surface area contributed by atoms with Gasteiger partial charge in [0.15, 0.2) is 0 Å². The minimum atomic E-state index is -0.208. The lowest BCUT2D eigenvalue weighted by Gasteiger charge is -2.34. The molecule has 110 valence electrons. The van der Waals surface area contributed by atoms with E-state index in [0.29, 0.717) is 6.04 Å². The second kappa shape index (κ2) is 6.08. The van der Waals surface area contributed by atoms with Gasteiger partial charge in [0.25, 0.3) is 0 Å². The van der Waals surface area contributed by atoms with Gasteiger partial charge in [0.05, 0.1) is 19.3 Å². The van der Waals surface area contributed by atoms with Gasteiger partial charge in [0, 0.05) is 38.3 Å². The van der Waals surface area contributed by atoms with E-state index in [1.807, 2.05) is 0 Å². The molecule has 0 aromatic heterocycles. The molecule has 0 bridgehead atoms. The van der Waals surface area contributed by atoms with Gasteiger partial charge in [-0.3, -0.25) is 9.80 Å². The number of hydrogen-bond acceptors (Lipinski definition) is 4. The molecule has 1 saturated heterocycles. The van der Waals surface area contributed by atoms with Gasteiger partial charge < -0.3 is 9.84 Å². The number of aliphatic hydroxyl groups excluding tert-OH is 1. The third-order valence-corrected chi connectivity index (χ3v) is 4.84. The zero-order valence-corrected chi connectivity index (χ0v) is 12.1. The monoisotopic (exact) mass is 268 g/mol. The Balaban J connectivity index is 1.46. The molecule has 0 unspecified atom stereocenters. The summed E-state index contributed by atoms with van der Waals surface area (Å²) in [7, 11) is 0. The van der Waals surface area contributed by atoms with Crippen LogP contribution in [0.2, 0.25) is 0 Å². The van der Waals surface area contributed by atoms with Crippen molar-refractivity contribution in [2.45, 2.75) is 50.8 Å². The molecule has 2 saturated carbocycles. The molecule has 1 N–H and O–H groups in total. The van der Waals surface area contributed by atoms with Gasteiger partial charge in [-0.05, 0) is 38.5 Å². The Labute approximate surface area is 116 Å². The Morgan fingerprint density at radius 3 is 2.47 bits per heavy atom. The van der Waals surface area contributed by atoms with Crippen molar-refractivity contribution >= 4 is 0 Å². The van der Waals surface area contributed by atoms with Crippen LogP contribution in [-0.4, -0.2) is 72.5 Å². The molecule has 3 aliphatic rings. The average Bonchev–Trinajstić information content (AvgIpc) is 3.30. The van der Waals surface area contributed by atoms with Crippen molar-refractivity contribution in [3.8, 4) is 0 Å². The van der Waals surface area contributed by atoms with Crippen LogP contribution in [-0.2, 0) is 4.74 Å². The van der Waals surface area contributed by atoms with E-state index in [2.05, 4.69) is 16.7 Å². The van der Waals surface area contributed by atoms with Crippen molar-refractivity contribution < 1.29 is 9.84 Å². The number of aliphatic hydroxyl groups is 1. The Morgan fingerprint density at radius 2 is 1.89 bits per heavy atom. The minimum absolute atomic E-state index is 0.208. The normalized spacial score (nSPS) is 28.6. The average molecular weight is 268 g/mol. The topological polar surface area (TPSA) is 35.9 Å². The zero-order valence-electron chi connectivity index (χ0n) is 12.1. The van der Waals surface area contributed by atoms with Gasteiger partial charge in [0.2, 0.25) is 0 Å². The quantitative estimate of drug-likeness (QED) is 0.745. The number of rotatable bonds is 7. The maximum absolute atomic E-state index is 10.4. The molecule has 1 heterocycles. The zero-order chi connectivity index (χ0) is 13.2. The highest BCUT2D eigenvalue weighted by atomic mass is 16.5. The van der Waals surface area contributed by atoms with E-state index < -0.39 is 0 Å². The standard InChI is InChI=1S/C15H28N2O2/c1-12(13-2-3-13)17(14-4-5-14)11-15(18)10-16-6-8-19-9-7-16/h12-15,18H,2-11H2,1H3/t12-,15+/m1/s1. The molecule has 1 aliphatic heterocycles. The van der Waals surface area contributed by atoms with E-state index in [4.69, 9.17) is 4.74 Å². The van der Waals surface area contributed by atoms with E-state index in [-0.39, 0.29) is 6.10 Å². The van der Waals surface area contributed by atoms with Crippen molar-refractivity contribution in [3.63, 3.8) is 0 Å². The number of ether oxygens (including phenoxy) is 1. The smallest absolute Gasteiger partial charge is 0.0794 e. The number of β-amino-alcohol motifs (C(OH)–C–C–N with tert-alkyl or cyclic N) is 1. The lowest BCUT2D eigenvalue weighted by atomic mass is 10.1. The molecule has 0 amide bonds. The Hall–Kier alpha value is -0.160. The molecule has 19 heavy (non-hydrogen) atoms. The van der Waals surface area contributed by atoms with Crippen LogP contribution >= 0.6 is 0 Å². The van der Waals surface area contributed by atoms with Crippen molar-refractivity contribution in [1.29, 1.82) is 0 Å². The fourth-order valence-electron chi connectivity index (χ4n) is 3.29. The molecular formula is C15H28N2O2. The van der Waals surface area contributed by atoms with Gasteiger partial charge in [-0.2, -0.15) is 0 Å². The van der Waals surface area contributed by atoms with Crippen LogP contribution in [0.4, 0.5) is 0 Å². The fraction of sp³-hybridized carbons (Fsp3) is 1.00. The van der Waals surface area contributed by atoms with E-state index >= 15 is 0 Å². The molecule has 3 fully saturated rings. The van der Waals surface area contributed by atoms with E-state index in [0.717, 1.165) is 51.4 Å². The van der Waals surface area contributed by atoms with Gasteiger partial charge in [-0.1, -0.05) is 0 Å². The van der Waals surface area contributed by atoms with Gasteiger partial charge >= 0.3 is 0 Å². The number of hydrogen-bond donors (Lipinski definition) is 1. The molecule has 2 atom stereocenters. The summed E-state index contributed by atoms with van der Waals surface area (Å²) in [4.78, 5) is 4.92. The third kappa shape index (κ3) is 3.91. The highest BCUT2D eigenvalue weighted by Crippen LogP contribution is 2.39. The highest BCUT2D eigenvalue weighted by Gasteiger charge is 2.39. The molecule has 2 aliphatic carbocycles. The van der Waals surface area contributed by atoms with Gasteiger partial charge in [0.1, 0.15) is 0 Å². The first-order chi connectivity index (χ1) is 9.24. The molecular weight excluding hydrogens is 240 g/mol. The maximum Gasteiger partial charge on any atom is 0.0794 e. The first kappa shape index (κ1) is 13.8. The number of nitrogens with zero attached hydrogens (tertiary/aromatic N) is 2.